The molecule has 2 N–H and O–H groups in total. The number of rotatable bonds is 2. The van der Waals surface area contributed by atoms with E-state index in [1.165, 1.54) is 12.1 Å². The average molecular weight is 340 g/mol. The Morgan fingerprint density at radius 3 is 3.10 bits per heavy atom. The standard InChI is InChI=1S/C13H15BrFN5/c1-8-7-20(5-4-16-8)13-17-12(18-19-13)10-6-9(15)2-3-11(10)14/h2-3,6,8,16H,4-5,7H2,1H3,(H,17,18,19)/t8-/m1/s1. The molecule has 1 fully saturated rings. The van der Waals surface area contributed by atoms with Gasteiger partial charge in [-0.3, -0.25) is 5.10 Å². The van der Waals surface area contributed by atoms with E-state index in [2.05, 4.69) is 48.3 Å². The predicted molar refractivity (Wildman–Crippen MR) is 79.2 cm³/mol. The number of H-pyrrole nitrogens is 1. The molecule has 3 rings (SSSR count). The summed E-state index contributed by atoms with van der Waals surface area (Å²) in [6, 6.07) is 4.92. The van der Waals surface area contributed by atoms with Gasteiger partial charge in [0, 0.05) is 35.7 Å². The topological polar surface area (TPSA) is 56.8 Å². The molecule has 1 aliphatic rings. The van der Waals surface area contributed by atoms with Gasteiger partial charge in [-0.05, 0) is 25.1 Å². The van der Waals surface area contributed by atoms with Crippen LogP contribution in [-0.4, -0.2) is 40.9 Å². The molecule has 2 heterocycles. The number of hydrogen-bond donors (Lipinski definition) is 2. The Balaban J connectivity index is 1.88. The largest absolute Gasteiger partial charge is 0.337 e. The number of aromatic nitrogens is 3. The fourth-order valence-corrected chi connectivity index (χ4v) is 2.74. The number of halogens is 2. The summed E-state index contributed by atoms with van der Waals surface area (Å²) in [4.78, 5) is 6.59. The molecule has 0 amide bonds. The monoisotopic (exact) mass is 339 g/mol. The minimum atomic E-state index is -0.294. The molecule has 0 aliphatic carbocycles. The summed E-state index contributed by atoms with van der Waals surface area (Å²) in [5.74, 6) is 0.930. The van der Waals surface area contributed by atoms with Crippen LogP contribution in [0.25, 0.3) is 11.4 Å². The van der Waals surface area contributed by atoms with Crippen LogP contribution in [0.3, 0.4) is 0 Å². The van der Waals surface area contributed by atoms with Gasteiger partial charge in [-0.15, -0.1) is 5.10 Å². The van der Waals surface area contributed by atoms with Crippen LogP contribution in [0.2, 0.25) is 0 Å². The smallest absolute Gasteiger partial charge is 0.245 e. The molecule has 0 saturated carbocycles. The zero-order valence-electron chi connectivity index (χ0n) is 11.0. The van der Waals surface area contributed by atoms with E-state index < -0.39 is 0 Å². The zero-order valence-corrected chi connectivity index (χ0v) is 12.6. The van der Waals surface area contributed by atoms with Crippen LogP contribution >= 0.6 is 15.9 Å². The maximum atomic E-state index is 13.3. The quantitative estimate of drug-likeness (QED) is 0.880. The van der Waals surface area contributed by atoms with Crippen molar-refractivity contribution in [2.45, 2.75) is 13.0 Å². The van der Waals surface area contributed by atoms with Crippen LogP contribution in [-0.2, 0) is 0 Å². The zero-order chi connectivity index (χ0) is 14.1. The van der Waals surface area contributed by atoms with E-state index in [4.69, 9.17) is 0 Å². The molecule has 0 bridgehead atoms. The highest BCUT2D eigenvalue weighted by molar-refractivity contribution is 9.10. The number of nitrogens with zero attached hydrogens (tertiary/aromatic N) is 3. The first kappa shape index (κ1) is 13.5. The molecule has 2 aromatic rings. The summed E-state index contributed by atoms with van der Waals surface area (Å²) >= 11 is 3.40. The van der Waals surface area contributed by atoms with Crippen molar-refractivity contribution in [3.8, 4) is 11.4 Å². The Bertz CT molecular complexity index is 615. The molecule has 20 heavy (non-hydrogen) atoms. The van der Waals surface area contributed by atoms with E-state index in [0.29, 0.717) is 23.4 Å². The van der Waals surface area contributed by atoms with Gasteiger partial charge in [-0.2, -0.15) is 4.98 Å². The van der Waals surface area contributed by atoms with Crippen molar-refractivity contribution >= 4 is 21.9 Å². The average Bonchev–Trinajstić information content (AvgIpc) is 2.91. The first-order chi connectivity index (χ1) is 9.63. The third kappa shape index (κ3) is 2.69. The second-order valence-electron chi connectivity index (χ2n) is 4.91. The van der Waals surface area contributed by atoms with E-state index in [1.54, 1.807) is 6.07 Å². The fourth-order valence-electron chi connectivity index (χ4n) is 2.31. The van der Waals surface area contributed by atoms with Gasteiger partial charge in [-0.25, -0.2) is 4.39 Å². The molecule has 0 radical (unpaired) electrons. The van der Waals surface area contributed by atoms with Crippen LogP contribution in [0.4, 0.5) is 10.3 Å². The van der Waals surface area contributed by atoms with Crippen molar-refractivity contribution in [3.05, 3.63) is 28.5 Å². The minimum absolute atomic E-state index is 0.294. The number of hydrogen-bond acceptors (Lipinski definition) is 4. The van der Waals surface area contributed by atoms with Gasteiger partial charge in [-0.1, -0.05) is 15.9 Å². The lowest BCUT2D eigenvalue weighted by atomic mass is 10.2. The normalized spacial score (nSPS) is 19.4. The summed E-state index contributed by atoms with van der Waals surface area (Å²) in [6.45, 7) is 4.77. The Morgan fingerprint density at radius 2 is 2.30 bits per heavy atom. The lowest BCUT2D eigenvalue weighted by Crippen LogP contribution is -2.49. The molecule has 5 nitrogen and oxygen atoms in total. The van der Waals surface area contributed by atoms with E-state index in [9.17, 15) is 4.39 Å². The van der Waals surface area contributed by atoms with Gasteiger partial charge in [0.1, 0.15) is 5.82 Å². The van der Waals surface area contributed by atoms with Crippen molar-refractivity contribution < 1.29 is 4.39 Å². The van der Waals surface area contributed by atoms with Crippen molar-refractivity contribution in [1.29, 1.82) is 0 Å². The van der Waals surface area contributed by atoms with Crippen molar-refractivity contribution in [2.24, 2.45) is 0 Å². The summed E-state index contributed by atoms with van der Waals surface area (Å²) in [5, 5.41) is 10.5. The first-order valence-electron chi connectivity index (χ1n) is 6.49. The molecular weight excluding hydrogens is 325 g/mol. The van der Waals surface area contributed by atoms with Crippen molar-refractivity contribution in [1.82, 2.24) is 20.5 Å². The van der Waals surface area contributed by atoms with E-state index >= 15 is 0 Å². The highest BCUT2D eigenvalue weighted by atomic mass is 79.9. The van der Waals surface area contributed by atoms with Gasteiger partial charge in [0.2, 0.25) is 5.95 Å². The van der Waals surface area contributed by atoms with Crippen LogP contribution in [0.5, 0.6) is 0 Å². The highest BCUT2D eigenvalue weighted by Crippen LogP contribution is 2.27. The number of aromatic amines is 1. The Hall–Kier alpha value is -1.47. The van der Waals surface area contributed by atoms with Gasteiger partial charge in [0.15, 0.2) is 5.82 Å². The van der Waals surface area contributed by atoms with Gasteiger partial charge in [0.05, 0.1) is 0 Å². The second-order valence-corrected chi connectivity index (χ2v) is 5.76. The third-order valence-electron chi connectivity index (χ3n) is 3.31. The van der Waals surface area contributed by atoms with Gasteiger partial charge in [0.25, 0.3) is 0 Å². The molecule has 7 heteroatoms. The van der Waals surface area contributed by atoms with E-state index in [1.807, 2.05) is 0 Å². The van der Waals surface area contributed by atoms with Gasteiger partial charge < -0.3 is 10.2 Å². The van der Waals surface area contributed by atoms with Crippen LogP contribution in [0.1, 0.15) is 6.92 Å². The number of anilines is 1. The molecule has 1 aliphatic heterocycles. The van der Waals surface area contributed by atoms with Crippen molar-refractivity contribution in [3.63, 3.8) is 0 Å². The molecule has 1 atom stereocenters. The summed E-state index contributed by atoms with van der Waals surface area (Å²) in [7, 11) is 0. The first-order valence-corrected chi connectivity index (χ1v) is 7.29. The maximum absolute atomic E-state index is 13.3. The molecule has 1 aromatic carbocycles. The predicted octanol–water partition coefficient (Wildman–Crippen LogP) is 2.17. The van der Waals surface area contributed by atoms with E-state index in [-0.39, 0.29) is 5.82 Å². The maximum Gasteiger partial charge on any atom is 0.245 e. The molecule has 106 valence electrons. The second kappa shape index (κ2) is 5.49. The molecule has 1 aromatic heterocycles. The van der Waals surface area contributed by atoms with E-state index in [0.717, 1.165) is 24.1 Å². The Kier molecular flexibility index (Phi) is 3.71. The Morgan fingerprint density at radius 1 is 1.45 bits per heavy atom. The number of benzene rings is 1. The Labute approximate surface area is 124 Å². The lowest BCUT2D eigenvalue weighted by molar-refractivity contribution is 0.480. The lowest BCUT2D eigenvalue weighted by Gasteiger charge is -2.30. The molecule has 0 unspecified atom stereocenters. The third-order valence-corrected chi connectivity index (χ3v) is 4.00. The SMILES string of the molecule is C[C@@H]1CN(c2n[nH]c(-c3cc(F)ccc3Br)n2)CCN1. The van der Waals surface area contributed by atoms with Gasteiger partial charge >= 0.3 is 0 Å². The fraction of sp³-hybridized carbons (Fsp3) is 0.385. The van der Waals surface area contributed by atoms with Crippen LogP contribution in [0, 0.1) is 5.82 Å². The summed E-state index contributed by atoms with van der Waals surface area (Å²) < 4.78 is 14.1. The minimum Gasteiger partial charge on any atom is -0.337 e. The van der Waals surface area contributed by atoms with Crippen LogP contribution < -0.4 is 10.2 Å². The van der Waals surface area contributed by atoms with Crippen molar-refractivity contribution in [2.75, 3.05) is 24.5 Å². The number of nitrogens with one attached hydrogen (secondary N) is 2. The summed E-state index contributed by atoms with van der Waals surface area (Å²) in [6.07, 6.45) is 0. The molecule has 1 saturated heterocycles. The summed E-state index contributed by atoms with van der Waals surface area (Å²) in [5.41, 5.74) is 0.673. The highest BCUT2D eigenvalue weighted by Gasteiger charge is 2.20. The molecular formula is C13H15BrFN5. The molecule has 0 spiro atoms. The van der Waals surface area contributed by atoms with Crippen LogP contribution in [0.15, 0.2) is 22.7 Å². The number of piperazine rings is 1.